The van der Waals surface area contributed by atoms with E-state index in [9.17, 15) is 4.79 Å². The van der Waals surface area contributed by atoms with Gasteiger partial charge in [-0.3, -0.25) is 14.2 Å². The summed E-state index contributed by atoms with van der Waals surface area (Å²) in [7, 11) is 1.57. The molecule has 4 rings (SSSR count). The first-order valence-corrected chi connectivity index (χ1v) is 7.98. The number of ether oxygens (including phenoxy) is 1. The Morgan fingerprint density at radius 1 is 1.36 bits per heavy atom. The van der Waals surface area contributed by atoms with E-state index in [1.54, 1.807) is 37.9 Å². The second-order valence-corrected chi connectivity index (χ2v) is 5.74. The third-order valence-electron chi connectivity index (χ3n) is 4.14. The fraction of sp³-hybridized carbons (Fsp3) is 0.312. The van der Waals surface area contributed by atoms with Crippen LogP contribution >= 0.6 is 0 Å². The Bertz CT molecular complexity index is 910. The highest BCUT2D eigenvalue weighted by Gasteiger charge is 2.27. The number of hydrogen-bond acceptors (Lipinski definition) is 7. The lowest BCUT2D eigenvalue weighted by Gasteiger charge is -2.18. The molecule has 1 unspecified atom stereocenters. The highest BCUT2D eigenvalue weighted by Crippen LogP contribution is 2.24. The summed E-state index contributed by atoms with van der Waals surface area (Å²) in [4.78, 5) is 22.3. The molecule has 0 radical (unpaired) electrons. The van der Waals surface area contributed by atoms with E-state index in [1.807, 2.05) is 10.6 Å². The molecule has 9 heteroatoms. The molecule has 0 bridgehead atoms. The van der Waals surface area contributed by atoms with Gasteiger partial charge in [0.25, 0.3) is 5.91 Å². The van der Waals surface area contributed by atoms with Gasteiger partial charge >= 0.3 is 0 Å². The van der Waals surface area contributed by atoms with Crippen LogP contribution in [0.25, 0.3) is 5.65 Å². The monoisotopic (exact) mass is 339 g/mol. The maximum absolute atomic E-state index is 11.7. The SMILES string of the molecule is CNC(=O)c1cc(OC2CCN(c3nccn4cnnc34)C2)ccn1. The highest BCUT2D eigenvalue weighted by molar-refractivity contribution is 5.92. The van der Waals surface area contributed by atoms with Gasteiger partial charge in [0.05, 0.1) is 6.54 Å². The molecule has 1 amide bonds. The number of carbonyl (C=O) groups excluding carboxylic acids is 1. The van der Waals surface area contributed by atoms with Crippen LogP contribution in [-0.4, -0.2) is 56.7 Å². The van der Waals surface area contributed by atoms with Crippen LogP contribution in [0.15, 0.2) is 37.1 Å². The van der Waals surface area contributed by atoms with Crippen LogP contribution in [0.5, 0.6) is 5.75 Å². The van der Waals surface area contributed by atoms with E-state index in [0.717, 1.165) is 24.4 Å². The maximum Gasteiger partial charge on any atom is 0.269 e. The van der Waals surface area contributed by atoms with Gasteiger partial charge in [0.15, 0.2) is 5.82 Å². The lowest BCUT2D eigenvalue weighted by molar-refractivity contribution is 0.0957. The van der Waals surface area contributed by atoms with Crippen molar-refractivity contribution in [1.82, 2.24) is 29.9 Å². The Balaban J connectivity index is 1.48. The van der Waals surface area contributed by atoms with Crippen LogP contribution in [-0.2, 0) is 0 Å². The van der Waals surface area contributed by atoms with E-state index in [1.165, 1.54) is 0 Å². The van der Waals surface area contributed by atoms with Crippen LogP contribution < -0.4 is 15.0 Å². The van der Waals surface area contributed by atoms with Gasteiger partial charge in [0.1, 0.15) is 23.9 Å². The molecule has 1 N–H and O–H groups in total. The van der Waals surface area contributed by atoms with Gasteiger partial charge in [-0.05, 0) is 6.07 Å². The number of pyridine rings is 1. The maximum atomic E-state index is 11.7. The summed E-state index contributed by atoms with van der Waals surface area (Å²) in [5.74, 6) is 1.20. The third-order valence-corrected chi connectivity index (χ3v) is 4.14. The smallest absolute Gasteiger partial charge is 0.269 e. The average Bonchev–Trinajstić information content (AvgIpc) is 3.30. The Kier molecular flexibility index (Phi) is 3.88. The van der Waals surface area contributed by atoms with Crippen molar-refractivity contribution in [1.29, 1.82) is 0 Å². The molecule has 0 spiro atoms. The van der Waals surface area contributed by atoms with Crippen molar-refractivity contribution in [2.24, 2.45) is 0 Å². The Hall–Kier alpha value is -3.23. The van der Waals surface area contributed by atoms with E-state index in [0.29, 0.717) is 18.0 Å². The summed E-state index contributed by atoms with van der Waals surface area (Å²) in [5, 5.41) is 10.6. The number of rotatable bonds is 4. The van der Waals surface area contributed by atoms with Gasteiger partial charge in [-0.2, -0.15) is 0 Å². The molecule has 0 aliphatic carbocycles. The molecule has 3 aromatic heterocycles. The van der Waals surface area contributed by atoms with Crippen molar-refractivity contribution >= 4 is 17.4 Å². The molecule has 1 fully saturated rings. The van der Waals surface area contributed by atoms with Crippen molar-refractivity contribution in [3.05, 3.63) is 42.7 Å². The van der Waals surface area contributed by atoms with Crippen LogP contribution in [0, 0.1) is 0 Å². The second-order valence-electron chi connectivity index (χ2n) is 5.74. The number of fused-ring (bicyclic) bond motifs is 1. The fourth-order valence-corrected chi connectivity index (χ4v) is 2.91. The second kappa shape index (κ2) is 6.34. The number of carbonyl (C=O) groups is 1. The highest BCUT2D eigenvalue weighted by atomic mass is 16.5. The third kappa shape index (κ3) is 2.95. The zero-order valence-corrected chi connectivity index (χ0v) is 13.7. The molecule has 9 nitrogen and oxygen atoms in total. The van der Waals surface area contributed by atoms with E-state index >= 15 is 0 Å². The standard InChI is InChI=1S/C16H17N7O2/c1-17-16(24)13-8-11(2-4-18-13)25-12-3-6-22(9-12)14-15-21-20-10-23(15)7-5-19-14/h2,4-5,7-8,10,12H,3,6,9H2,1H3,(H,17,24). The van der Waals surface area contributed by atoms with Gasteiger partial charge in [-0.1, -0.05) is 0 Å². The molecule has 3 aromatic rings. The molecule has 1 aliphatic rings. The largest absolute Gasteiger partial charge is 0.488 e. The van der Waals surface area contributed by atoms with Crippen molar-refractivity contribution in [2.45, 2.75) is 12.5 Å². The topological polar surface area (TPSA) is 97.5 Å². The molecule has 128 valence electrons. The van der Waals surface area contributed by atoms with Crippen LogP contribution in [0.1, 0.15) is 16.9 Å². The molecular weight excluding hydrogens is 322 g/mol. The minimum atomic E-state index is -0.235. The van der Waals surface area contributed by atoms with Crippen LogP contribution in [0.3, 0.4) is 0 Å². The minimum absolute atomic E-state index is 0.00455. The van der Waals surface area contributed by atoms with Crippen molar-refractivity contribution in [2.75, 3.05) is 25.0 Å². The number of aromatic nitrogens is 5. The van der Waals surface area contributed by atoms with Gasteiger partial charge in [-0.25, -0.2) is 4.98 Å². The Morgan fingerprint density at radius 2 is 2.28 bits per heavy atom. The minimum Gasteiger partial charge on any atom is -0.488 e. The summed E-state index contributed by atoms with van der Waals surface area (Å²) in [5.41, 5.74) is 1.07. The van der Waals surface area contributed by atoms with E-state index in [4.69, 9.17) is 4.74 Å². The molecule has 0 aromatic carbocycles. The first kappa shape index (κ1) is 15.3. The van der Waals surface area contributed by atoms with Gasteiger partial charge in [-0.15, -0.1) is 10.2 Å². The van der Waals surface area contributed by atoms with E-state index < -0.39 is 0 Å². The molecule has 0 saturated carbocycles. The van der Waals surface area contributed by atoms with Crippen molar-refractivity contribution in [3.8, 4) is 5.75 Å². The van der Waals surface area contributed by atoms with Crippen LogP contribution in [0.4, 0.5) is 5.82 Å². The lowest BCUT2D eigenvalue weighted by Crippen LogP contribution is -2.26. The molecular formula is C16H17N7O2. The quantitative estimate of drug-likeness (QED) is 0.741. The molecule has 1 aliphatic heterocycles. The fourth-order valence-electron chi connectivity index (χ4n) is 2.91. The average molecular weight is 339 g/mol. The predicted octanol–water partition coefficient (Wildman–Crippen LogP) is 0.537. The number of amides is 1. The van der Waals surface area contributed by atoms with Gasteiger partial charge < -0.3 is 15.0 Å². The first-order valence-electron chi connectivity index (χ1n) is 7.98. The summed E-state index contributed by atoms with van der Waals surface area (Å²) in [6.07, 6.45) is 7.64. The normalized spacial score (nSPS) is 17.0. The van der Waals surface area contributed by atoms with Crippen LogP contribution in [0.2, 0.25) is 0 Å². The molecule has 4 heterocycles. The van der Waals surface area contributed by atoms with Crippen molar-refractivity contribution in [3.63, 3.8) is 0 Å². The van der Waals surface area contributed by atoms with E-state index in [-0.39, 0.29) is 12.0 Å². The zero-order valence-electron chi connectivity index (χ0n) is 13.7. The summed E-state index contributed by atoms with van der Waals surface area (Å²) in [6, 6.07) is 3.41. The molecule has 1 atom stereocenters. The lowest BCUT2D eigenvalue weighted by atomic mass is 10.3. The van der Waals surface area contributed by atoms with Gasteiger partial charge in [0, 0.05) is 44.7 Å². The number of hydrogen-bond donors (Lipinski definition) is 1. The summed E-state index contributed by atoms with van der Waals surface area (Å²) >= 11 is 0. The predicted molar refractivity (Wildman–Crippen MR) is 89.7 cm³/mol. The Labute approximate surface area is 143 Å². The molecule has 1 saturated heterocycles. The van der Waals surface area contributed by atoms with Gasteiger partial charge in [0.2, 0.25) is 5.65 Å². The van der Waals surface area contributed by atoms with E-state index in [2.05, 4.69) is 30.4 Å². The summed E-state index contributed by atoms with van der Waals surface area (Å²) < 4.78 is 7.87. The first-order chi connectivity index (χ1) is 12.2. The summed E-state index contributed by atoms with van der Waals surface area (Å²) in [6.45, 7) is 1.51. The Morgan fingerprint density at radius 3 is 3.16 bits per heavy atom. The zero-order chi connectivity index (χ0) is 17.2. The molecule has 25 heavy (non-hydrogen) atoms. The number of nitrogens with zero attached hydrogens (tertiary/aromatic N) is 6. The number of anilines is 1. The number of nitrogens with one attached hydrogen (secondary N) is 1. The van der Waals surface area contributed by atoms with Crippen molar-refractivity contribution < 1.29 is 9.53 Å².